The molecule has 0 fully saturated rings. The quantitative estimate of drug-likeness (QED) is 0.833. The Balaban J connectivity index is 1.80. The average molecular weight is 298 g/mol. The van der Waals surface area contributed by atoms with E-state index >= 15 is 0 Å². The molecule has 0 radical (unpaired) electrons. The number of carbonyl (C=O) groups excluding carboxylic acids is 1. The average Bonchev–Trinajstić information content (AvgIpc) is 2.61. The molecule has 0 saturated carbocycles. The summed E-state index contributed by atoms with van der Waals surface area (Å²) in [7, 11) is 0. The first-order chi connectivity index (χ1) is 10.1. The van der Waals surface area contributed by atoms with Gasteiger partial charge in [-0.25, -0.2) is 0 Å². The standard InChI is InChI=1S/C17H18N2OS/c1-11-6-8-15(13(18)10-11)21-16-9-7-12-4-2-3-5-14(12)19-17(16)20/h2-6,8,10,16H,7,9,18H2,1H3,(H,19,20). The highest BCUT2D eigenvalue weighted by Gasteiger charge is 2.24. The van der Waals surface area contributed by atoms with Crippen LogP contribution >= 0.6 is 11.8 Å². The Hall–Kier alpha value is -1.94. The number of benzene rings is 2. The van der Waals surface area contributed by atoms with E-state index in [1.54, 1.807) is 11.8 Å². The van der Waals surface area contributed by atoms with E-state index in [0.29, 0.717) is 0 Å². The normalized spacial score (nSPS) is 17.8. The van der Waals surface area contributed by atoms with Crippen molar-refractivity contribution in [2.24, 2.45) is 0 Å². The highest BCUT2D eigenvalue weighted by molar-refractivity contribution is 8.00. The molecule has 1 amide bonds. The molecule has 0 bridgehead atoms. The maximum absolute atomic E-state index is 12.4. The summed E-state index contributed by atoms with van der Waals surface area (Å²) in [4.78, 5) is 13.4. The lowest BCUT2D eigenvalue weighted by atomic mass is 10.1. The maximum Gasteiger partial charge on any atom is 0.237 e. The molecule has 21 heavy (non-hydrogen) atoms. The molecule has 1 aliphatic rings. The number of thioether (sulfide) groups is 1. The zero-order valence-electron chi connectivity index (χ0n) is 11.9. The van der Waals surface area contributed by atoms with Gasteiger partial charge in [0.1, 0.15) is 0 Å². The van der Waals surface area contributed by atoms with Gasteiger partial charge in [-0.3, -0.25) is 4.79 Å². The Labute approximate surface area is 128 Å². The number of hydrogen-bond acceptors (Lipinski definition) is 3. The van der Waals surface area contributed by atoms with E-state index < -0.39 is 0 Å². The molecule has 1 heterocycles. The van der Waals surface area contributed by atoms with Gasteiger partial charge in [-0.1, -0.05) is 24.3 Å². The molecule has 0 saturated heterocycles. The molecule has 0 aromatic heterocycles. The number of carbonyl (C=O) groups is 1. The Kier molecular flexibility index (Phi) is 3.88. The highest BCUT2D eigenvalue weighted by atomic mass is 32.2. The number of nitrogens with two attached hydrogens (primary N) is 1. The van der Waals surface area contributed by atoms with Gasteiger partial charge in [0, 0.05) is 16.3 Å². The van der Waals surface area contributed by atoms with E-state index in [1.165, 1.54) is 5.56 Å². The Bertz CT molecular complexity index is 684. The zero-order chi connectivity index (χ0) is 14.8. The molecule has 0 spiro atoms. The fraction of sp³-hybridized carbons (Fsp3) is 0.235. The van der Waals surface area contributed by atoms with Gasteiger partial charge in [0.25, 0.3) is 0 Å². The minimum Gasteiger partial charge on any atom is -0.398 e. The van der Waals surface area contributed by atoms with Crippen molar-refractivity contribution in [3.05, 3.63) is 53.6 Å². The molecule has 3 nitrogen and oxygen atoms in total. The van der Waals surface area contributed by atoms with Gasteiger partial charge < -0.3 is 11.1 Å². The van der Waals surface area contributed by atoms with Crippen molar-refractivity contribution in [2.75, 3.05) is 11.1 Å². The zero-order valence-corrected chi connectivity index (χ0v) is 12.7. The number of para-hydroxylation sites is 1. The first-order valence-electron chi connectivity index (χ1n) is 7.05. The summed E-state index contributed by atoms with van der Waals surface area (Å²) in [5, 5.41) is 2.91. The number of nitrogens with one attached hydrogen (secondary N) is 1. The van der Waals surface area contributed by atoms with Crippen molar-refractivity contribution in [3.8, 4) is 0 Å². The van der Waals surface area contributed by atoms with Crippen molar-refractivity contribution < 1.29 is 4.79 Å². The summed E-state index contributed by atoms with van der Waals surface area (Å²) in [6.45, 7) is 2.01. The van der Waals surface area contributed by atoms with Crippen molar-refractivity contribution in [3.63, 3.8) is 0 Å². The van der Waals surface area contributed by atoms with Gasteiger partial charge in [0.2, 0.25) is 5.91 Å². The maximum atomic E-state index is 12.4. The summed E-state index contributed by atoms with van der Waals surface area (Å²) in [5.74, 6) is 0.0601. The second-order valence-electron chi connectivity index (χ2n) is 5.33. The van der Waals surface area contributed by atoms with Crippen LogP contribution < -0.4 is 11.1 Å². The summed E-state index contributed by atoms with van der Waals surface area (Å²) in [6, 6.07) is 14.0. The van der Waals surface area contributed by atoms with Crippen molar-refractivity contribution in [1.82, 2.24) is 0 Å². The van der Waals surface area contributed by atoms with Crippen LogP contribution in [0.15, 0.2) is 47.4 Å². The van der Waals surface area contributed by atoms with Gasteiger partial charge in [0.15, 0.2) is 0 Å². The molecule has 0 aliphatic carbocycles. The smallest absolute Gasteiger partial charge is 0.237 e. The fourth-order valence-corrected chi connectivity index (χ4v) is 3.58. The lowest BCUT2D eigenvalue weighted by molar-refractivity contribution is -0.115. The van der Waals surface area contributed by atoms with Crippen LogP contribution in [0.2, 0.25) is 0 Å². The summed E-state index contributed by atoms with van der Waals surface area (Å²) < 4.78 is 0. The molecule has 2 aromatic rings. The molecule has 3 N–H and O–H groups in total. The van der Waals surface area contributed by atoms with Gasteiger partial charge in [-0.15, -0.1) is 11.8 Å². The van der Waals surface area contributed by atoms with Crippen LogP contribution in [0.25, 0.3) is 0 Å². The number of rotatable bonds is 2. The van der Waals surface area contributed by atoms with E-state index in [2.05, 4.69) is 11.4 Å². The van der Waals surface area contributed by atoms with Crippen LogP contribution in [0.3, 0.4) is 0 Å². The van der Waals surface area contributed by atoms with E-state index in [0.717, 1.165) is 34.7 Å². The van der Waals surface area contributed by atoms with E-state index in [9.17, 15) is 4.79 Å². The van der Waals surface area contributed by atoms with Crippen molar-refractivity contribution in [2.45, 2.75) is 29.9 Å². The number of fused-ring (bicyclic) bond motifs is 1. The Morgan fingerprint density at radius 1 is 1.24 bits per heavy atom. The second-order valence-corrected chi connectivity index (χ2v) is 6.58. The van der Waals surface area contributed by atoms with Crippen LogP contribution in [-0.2, 0) is 11.2 Å². The van der Waals surface area contributed by atoms with Crippen LogP contribution in [0.1, 0.15) is 17.5 Å². The highest BCUT2D eigenvalue weighted by Crippen LogP contribution is 2.34. The molecule has 108 valence electrons. The first-order valence-corrected chi connectivity index (χ1v) is 7.93. The van der Waals surface area contributed by atoms with Gasteiger partial charge >= 0.3 is 0 Å². The molecule has 1 unspecified atom stereocenters. The first kappa shape index (κ1) is 14.0. The molecular weight excluding hydrogens is 280 g/mol. The Morgan fingerprint density at radius 3 is 2.86 bits per heavy atom. The topological polar surface area (TPSA) is 55.1 Å². The number of anilines is 2. The number of nitrogen functional groups attached to an aromatic ring is 1. The third-order valence-electron chi connectivity index (χ3n) is 3.68. The number of amides is 1. The lowest BCUT2D eigenvalue weighted by Crippen LogP contribution is -2.23. The largest absolute Gasteiger partial charge is 0.398 e. The Morgan fingerprint density at radius 2 is 2.05 bits per heavy atom. The lowest BCUT2D eigenvalue weighted by Gasteiger charge is -2.14. The van der Waals surface area contributed by atoms with Gasteiger partial charge in [-0.2, -0.15) is 0 Å². The summed E-state index contributed by atoms with van der Waals surface area (Å²) >= 11 is 1.55. The molecule has 3 rings (SSSR count). The second kappa shape index (κ2) is 5.82. The van der Waals surface area contributed by atoms with E-state index in [1.807, 2.05) is 43.3 Å². The third-order valence-corrected chi connectivity index (χ3v) is 5.04. The van der Waals surface area contributed by atoms with Gasteiger partial charge in [0.05, 0.1) is 5.25 Å². The SMILES string of the molecule is Cc1ccc(SC2CCc3ccccc3NC2=O)c(N)c1. The minimum atomic E-state index is -0.109. The van der Waals surface area contributed by atoms with E-state index in [-0.39, 0.29) is 11.2 Å². The van der Waals surface area contributed by atoms with E-state index in [4.69, 9.17) is 5.73 Å². The van der Waals surface area contributed by atoms with Crippen LogP contribution in [0.5, 0.6) is 0 Å². The van der Waals surface area contributed by atoms with Gasteiger partial charge in [-0.05, 0) is 49.1 Å². The fourth-order valence-electron chi connectivity index (χ4n) is 2.53. The predicted molar refractivity (Wildman–Crippen MR) is 88.6 cm³/mol. The third kappa shape index (κ3) is 3.05. The van der Waals surface area contributed by atoms with Crippen LogP contribution in [0, 0.1) is 6.92 Å². The summed E-state index contributed by atoms with van der Waals surface area (Å²) in [5.41, 5.74) is 10.1. The molecule has 4 heteroatoms. The molecule has 1 aliphatic heterocycles. The van der Waals surface area contributed by atoms with Crippen LogP contribution in [-0.4, -0.2) is 11.2 Å². The molecule has 2 aromatic carbocycles. The summed E-state index contributed by atoms with van der Waals surface area (Å²) in [6.07, 6.45) is 1.72. The molecular formula is C17H18N2OS. The van der Waals surface area contributed by atoms with Crippen LogP contribution in [0.4, 0.5) is 11.4 Å². The monoisotopic (exact) mass is 298 g/mol. The van der Waals surface area contributed by atoms with Crippen molar-refractivity contribution >= 4 is 29.0 Å². The number of aryl methyl sites for hydroxylation is 2. The number of hydrogen-bond donors (Lipinski definition) is 2. The predicted octanol–water partition coefficient (Wildman–Crippen LogP) is 3.62. The minimum absolute atomic E-state index is 0.0601. The van der Waals surface area contributed by atoms with Crippen molar-refractivity contribution in [1.29, 1.82) is 0 Å². The molecule has 1 atom stereocenters.